The van der Waals surface area contributed by atoms with E-state index in [4.69, 9.17) is 13.8 Å². The third-order valence-electron chi connectivity index (χ3n) is 3.21. The highest BCUT2D eigenvalue weighted by Gasteiger charge is 2.46. The summed E-state index contributed by atoms with van der Waals surface area (Å²) in [6, 6.07) is 0. The van der Waals surface area contributed by atoms with E-state index in [2.05, 4.69) is 0 Å². The van der Waals surface area contributed by atoms with Crippen LogP contribution in [-0.4, -0.2) is 50.2 Å². The summed E-state index contributed by atoms with van der Waals surface area (Å²) in [6.45, 7) is 6.08. The van der Waals surface area contributed by atoms with E-state index in [1.807, 2.05) is 6.92 Å². The zero-order valence-electron chi connectivity index (χ0n) is 13.6. The Morgan fingerprint density at radius 1 is 1.23 bits per heavy atom. The summed E-state index contributed by atoms with van der Waals surface area (Å²) in [4.78, 5) is 26.0. The molecule has 0 N–H and O–H groups in total. The highest BCUT2D eigenvalue weighted by molar-refractivity contribution is 7.60. The van der Waals surface area contributed by atoms with Crippen molar-refractivity contribution in [3.05, 3.63) is 10.9 Å². The molecule has 0 saturated carbocycles. The fourth-order valence-electron chi connectivity index (χ4n) is 2.22. The highest BCUT2D eigenvalue weighted by atomic mass is 31.2. The van der Waals surface area contributed by atoms with Gasteiger partial charge in [0.05, 0.1) is 32.4 Å². The minimum atomic E-state index is -3.83. The Bertz CT molecular complexity index is 492. The van der Waals surface area contributed by atoms with Gasteiger partial charge in [0.2, 0.25) is 0 Å². The van der Waals surface area contributed by atoms with Gasteiger partial charge in [-0.1, -0.05) is 13.3 Å². The molecular weight excluding hydrogens is 309 g/mol. The van der Waals surface area contributed by atoms with E-state index in [0.717, 1.165) is 12.8 Å². The normalized spacial score (nSPS) is 15.6. The molecule has 8 heteroatoms. The standard InChI is InChI=1S/C14H24NO6P/c1-5-8-9-15-10-11(14(17)19-4)12(13(15)16)22(18,20-6-2)21-7-3/h5-10H2,1-4H3. The maximum Gasteiger partial charge on any atom is 0.367 e. The van der Waals surface area contributed by atoms with Gasteiger partial charge in [-0.2, -0.15) is 0 Å². The third-order valence-corrected chi connectivity index (χ3v) is 5.42. The van der Waals surface area contributed by atoms with Crippen molar-refractivity contribution in [1.29, 1.82) is 0 Å². The molecule has 0 fully saturated rings. The fourth-order valence-corrected chi connectivity index (χ4v) is 4.10. The first-order valence-corrected chi connectivity index (χ1v) is 8.99. The molecule has 7 nitrogen and oxygen atoms in total. The molecule has 0 unspecified atom stereocenters. The zero-order valence-corrected chi connectivity index (χ0v) is 14.5. The van der Waals surface area contributed by atoms with Crippen molar-refractivity contribution in [2.75, 3.05) is 33.4 Å². The third kappa shape index (κ3) is 3.97. The number of hydrogen-bond acceptors (Lipinski definition) is 6. The molecule has 1 aliphatic heterocycles. The first-order valence-electron chi connectivity index (χ1n) is 7.45. The second kappa shape index (κ2) is 8.46. The van der Waals surface area contributed by atoms with Crippen molar-refractivity contribution in [1.82, 2.24) is 4.90 Å². The lowest BCUT2D eigenvalue weighted by Gasteiger charge is -2.20. The second-order valence-corrected chi connectivity index (χ2v) is 6.69. The van der Waals surface area contributed by atoms with Gasteiger partial charge in [-0.25, -0.2) is 4.79 Å². The van der Waals surface area contributed by atoms with Crippen LogP contribution in [0.3, 0.4) is 0 Å². The fraction of sp³-hybridized carbons (Fsp3) is 0.714. The molecule has 0 aromatic rings. The number of hydrogen-bond donors (Lipinski definition) is 0. The number of amides is 1. The maximum absolute atomic E-state index is 12.9. The van der Waals surface area contributed by atoms with Gasteiger partial charge in [0.1, 0.15) is 5.31 Å². The Labute approximate surface area is 131 Å². The van der Waals surface area contributed by atoms with Crippen LogP contribution in [0.25, 0.3) is 0 Å². The van der Waals surface area contributed by atoms with E-state index in [9.17, 15) is 14.2 Å². The van der Waals surface area contributed by atoms with Gasteiger partial charge in [-0.05, 0) is 20.3 Å². The summed E-state index contributed by atoms with van der Waals surface area (Å²) in [5.41, 5.74) is 0.0637. The number of carbonyl (C=O) groups is 2. The van der Waals surface area contributed by atoms with Crippen LogP contribution >= 0.6 is 7.60 Å². The molecule has 1 aliphatic rings. The Morgan fingerprint density at radius 2 is 1.82 bits per heavy atom. The second-order valence-electron chi connectivity index (χ2n) is 4.73. The summed E-state index contributed by atoms with van der Waals surface area (Å²) in [6.07, 6.45) is 1.70. The SMILES string of the molecule is CCCCN1CC(C(=O)OC)=C(P(=O)(OCC)OCC)C1=O. The number of methoxy groups -OCH3 is 1. The largest absolute Gasteiger partial charge is 0.466 e. The number of carbonyl (C=O) groups excluding carboxylic acids is 2. The van der Waals surface area contributed by atoms with Crippen LogP contribution in [0.1, 0.15) is 33.6 Å². The first kappa shape index (κ1) is 18.9. The molecule has 0 bridgehead atoms. The van der Waals surface area contributed by atoms with Crippen molar-refractivity contribution >= 4 is 19.5 Å². The smallest absolute Gasteiger partial charge is 0.367 e. The average molecular weight is 333 g/mol. The predicted octanol–water partition coefficient (Wildman–Crippen LogP) is 2.32. The molecule has 1 rings (SSSR count). The van der Waals surface area contributed by atoms with Crippen molar-refractivity contribution in [3.63, 3.8) is 0 Å². The first-order chi connectivity index (χ1) is 10.4. The van der Waals surface area contributed by atoms with Gasteiger partial charge < -0.3 is 18.7 Å². The number of esters is 1. The van der Waals surface area contributed by atoms with Crippen molar-refractivity contribution in [2.24, 2.45) is 0 Å². The van der Waals surface area contributed by atoms with Crippen LogP contribution in [0.15, 0.2) is 10.9 Å². The molecule has 0 aliphatic carbocycles. The van der Waals surface area contributed by atoms with E-state index in [0.29, 0.717) is 6.54 Å². The summed E-state index contributed by atoms with van der Waals surface area (Å²) in [5.74, 6) is -1.15. The monoisotopic (exact) mass is 333 g/mol. The van der Waals surface area contributed by atoms with Crippen LogP contribution in [-0.2, 0) is 27.9 Å². The Hall–Kier alpha value is -1.17. The van der Waals surface area contributed by atoms with Gasteiger partial charge in [-0.3, -0.25) is 9.36 Å². The molecule has 0 radical (unpaired) electrons. The predicted molar refractivity (Wildman–Crippen MR) is 81.4 cm³/mol. The van der Waals surface area contributed by atoms with Gasteiger partial charge in [0.25, 0.3) is 5.91 Å². The molecule has 22 heavy (non-hydrogen) atoms. The van der Waals surface area contributed by atoms with Crippen molar-refractivity contribution in [2.45, 2.75) is 33.6 Å². The summed E-state index contributed by atoms with van der Waals surface area (Å²) >= 11 is 0. The molecule has 0 aromatic heterocycles. The zero-order chi connectivity index (χ0) is 16.8. The van der Waals surface area contributed by atoms with E-state index in [-0.39, 0.29) is 30.6 Å². The van der Waals surface area contributed by atoms with Gasteiger partial charge >= 0.3 is 13.6 Å². The number of rotatable bonds is 9. The lowest BCUT2D eigenvalue weighted by atomic mass is 10.3. The summed E-state index contributed by atoms with van der Waals surface area (Å²) in [7, 11) is -2.61. The number of unbranched alkanes of at least 4 members (excludes halogenated alkanes) is 1. The number of nitrogens with zero attached hydrogens (tertiary/aromatic N) is 1. The van der Waals surface area contributed by atoms with Crippen LogP contribution < -0.4 is 0 Å². The van der Waals surface area contributed by atoms with Crippen LogP contribution in [0.4, 0.5) is 0 Å². The Morgan fingerprint density at radius 3 is 2.27 bits per heavy atom. The van der Waals surface area contributed by atoms with Crippen LogP contribution in [0.2, 0.25) is 0 Å². The van der Waals surface area contributed by atoms with Crippen molar-refractivity contribution in [3.8, 4) is 0 Å². The Balaban J connectivity index is 3.24. The average Bonchev–Trinajstić information content (AvgIpc) is 2.82. The molecule has 0 spiro atoms. The van der Waals surface area contributed by atoms with Crippen LogP contribution in [0, 0.1) is 0 Å². The molecule has 126 valence electrons. The maximum atomic E-state index is 12.9. The number of ether oxygens (including phenoxy) is 1. The minimum Gasteiger partial charge on any atom is -0.466 e. The quantitative estimate of drug-likeness (QED) is 0.476. The van der Waals surface area contributed by atoms with Gasteiger partial charge in [0.15, 0.2) is 0 Å². The minimum absolute atomic E-state index is 0.0637. The summed E-state index contributed by atoms with van der Waals surface area (Å²) < 4.78 is 28.1. The summed E-state index contributed by atoms with van der Waals surface area (Å²) in [5, 5.41) is -0.181. The highest BCUT2D eigenvalue weighted by Crippen LogP contribution is 2.59. The van der Waals surface area contributed by atoms with Crippen molar-refractivity contribution < 1.29 is 27.9 Å². The van der Waals surface area contributed by atoms with E-state index < -0.39 is 19.5 Å². The molecule has 1 amide bonds. The molecule has 0 atom stereocenters. The lowest BCUT2D eigenvalue weighted by Crippen LogP contribution is -2.29. The molecular formula is C14H24NO6P. The Kier molecular flexibility index (Phi) is 7.26. The van der Waals surface area contributed by atoms with Gasteiger partial charge in [-0.15, -0.1) is 0 Å². The molecule has 0 aromatic carbocycles. The van der Waals surface area contributed by atoms with Crippen LogP contribution in [0.5, 0.6) is 0 Å². The lowest BCUT2D eigenvalue weighted by molar-refractivity contribution is -0.136. The molecule has 0 saturated heterocycles. The van der Waals surface area contributed by atoms with E-state index >= 15 is 0 Å². The van der Waals surface area contributed by atoms with E-state index in [1.54, 1.807) is 13.8 Å². The van der Waals surface area contributed by atoms with Gasteiger partial charge in [0, 0.05) is 6.54 Å². The topological polar surface area (TPSA) is 82.1 Å². The van der Waals surface area contributed by atoms with E-state index in [1.165, 1.54) is 12.0 Å². The molecule has 1 heterocycles.